The van der Waals surface area contributed by atoms with Crippen LogP contribution in [0.2, 0.25) is 5.02 Å². The maximum atomic E-state index is 11.9. The zero-order valence-corrected chi connectivity index (χ0v) is 15.8. The molecule has 0 aliphatic carbocycles. The van der Waals surface area contributed by atoms with Crippen molar-refractivity contribution in [3.05, 3.63) is 68.7 Å². The number of carbonyl (C=O) groups is 1. The minimum Gasteiger partial charge on any atom is -0.483 e. The van der Waals surface area contributed by atoms with Gasteiger partial charge >= 0.3 is 0 Å². The van der Waals surface area contributed by atoms with Gasteiger partial charge in [0, 0.05) is 11.6 Å². The summed E-state index contributed by atoms with van der Waals surface area (Å²) in [5.74, 6) is 0.552. The third-order valence-electron chi connectivity index (χ3n) is 3.99. The Morgan fingerprint density at radius 1 is 1.37 bits per heavy atom. The zero-order chi connectivity index (χ0) is 19.8. The van der Waals surface area contributed by atoms with Gasteiger partial charge in [0.05, 0.1) is 11.1 Å². The van der Waals surface area contributed by atoms with Gasteiger partial charge in [0.1, 0.15) is 10.8 Å². The second-order valence-electron chi connectivity index (χ2n) is 5.90. The van der Waals surface area contributed by atoms with E-state index in [9.17, 15) is 14.9 Å². The molecule has 0 aromatic heterocycles. The molecule has 2 rings (SSSR count). The molecule has 0 fully saturated rings. The Kier molecular flexibility index (Phi) is 7.31. The molecule has 1 amide bonds. The lowest BCUT2D eigenvalue weighted by Gasteiger charge is -2.15. The topological polar surface area (TPSA) is 93.8 Å². The van der Waals surface area contributed by atoms with Crippen molar-refractivity contribution >= 4 is 29.4 Å². The predicted molar refractivity (Wildman–Crippen MR) is 104 cm³/mol. The van der Waals surface area contributed by atoms with E-state index in [4.69, 9.17) is 16.3 Å². The summed E-state index contributed by atoms with van der Waals surface area (Å²) in [4.78, 5) is 22.2. The number of hydrazone groups is 1. The van der Waals surface area contributed by atoms with Crippen molar-refractivity contribution in [3.8, 4) is 5.75 Å². The molecule has 2 aromatic rings. The van der Waals surface area contributed by atoms with Crippen LogP contribution in [0, 0.1) is 10.1 Å². The van der Waals surface area contributed by atoms with Crippen LogP contribution >= 0.6 is 11.6 Å². The van der Waals surface area contributed by atoms with Crippen molar-refractivity contribution in [3.63, 3.8) is 0 Å². The van der Waals surface area contributed by atoms with Crippen LogP contribution in [-0.2, 0) is 4.79 Å². The first-order valence-corrected chi connectivity index (χ1v) is 8.77. The number of ether oxygens (including phenoxy) is 1. The van der Waals surface area contributed by atoms with Crippen molar-refractivity contribution in [2.24, 2.45) is 5.10 Å². The average Bonchev–Trinajstić information content (AvgIpc) is 2.67. The number of nitrogens with one attached hydrogen (secondary N) is 1. The lowest BCUT2D eigenvalue weighted by atomic mass is 9.98. The van der Waals surface area contributed by atoms with Crippen molar-refractivity contribution in [1.29, 1.82) is 0 Å². The van der Waals surface area contributed by atoms with Gasteiger partial charge in [-0.2, -0.15) is 5.10 Å². The van der Waals surface area contributed by atoms with Crippen molar-refractivity contribution in [1.82, 2.24) is 5.43 Å². The summed E-state index contributed by atoms with van der Waals surface area (Å²) in [6.45, 7) is 3.99. The number of benzene rings is 2. The van der Waals surface area contributed by atoms with Crippen molar-refractivity contribution < 1.29 is 14.5 Å². The molecule has 0 aliphatic heterocycles. The second-order valence-corrected chi connectivity index (χ2v) is 6.30. The molecule has 0 saturated heterocycles. The summed E-state index contributed by atoms with van der Waals surface area (Å²) in [6.07, 6.45) is 2.26. The number of nitro groups is 1. The van der Waals surface area contributed by atoms with Crippen molar-refractivity contribution in [2.75, 3.05) is 6.61 Å². The SMILES string of the molecule is CCC(C)c1ccccc1OCC(=O)N/N=C/c1ccc(Cl)c([N+](=O)[O-])c1. The molecule has 1 unspecified atom stereocenters. The van der Waals surface area contributed by atoms with E-state index in [1.807, 2.05) is 24.3 Å². The number of hydrogen-bond acceptors (Lipinski definition) is 5. The highest BCUT2D eigenvalue weighted by Crippen LogP contribution is 2.28. The number of nitro benzene ring substituents is 1. The fourth-order valence-corrected chi connectivity index (χ4v) is 2.53. The third kappa shape index (κ3) is 5.79. The Morgan fingerprint density at radius 2 is 2.11 bits per heavy atom. The van der Waals surface area contributed by atoms with E-state index in [1.165, 1.54) is 18.3 Å². The lowest BCUT2D eigenvalue weighted by Crippen LogP contribution is -2.25. The number of carbonyl (C=O) groups excluding carboxylic acids is 1. The molecule has 2 aromatic carbocycles. The van der Waals surface area contributed by atoms with Gasteiger partial charge in [0.25, 0.3) is 11.6 Å². The van der Waals surface area contributed by atoms with Gasteiger partial charge in [-0.3, -0.25) is 14.9 Å². The molecular formula is C19H20ClN3O4. The molecule has 0 radical (unpaired) electrons. The Bertz CT molecular complexity index is 855. The van der Waals surface area contributed by atoms with Gasteiger partial charge in [-0.05, 0) is 30.0 Å². The summed E-state index contributed by atoms with van der Waals surface area (Å²) >= 11 is 5.75. The summed E-state index contributed by atoms with van der Waals surface area (Å²) in [5, 5.41) is 14.7. The van der Waals surface area contributed by atoms with Crippen LogP contribution in [0.15, 0.2) is 47.6 Å². The molecule has 142 valence electrons. The van der Waals surface area contributed by atoms with Crippen LogP contribution < -0.4 is 10.2 Å². The Labute approximate surface area is 162 Å². The van der Waals surface area contributed by atoms with E-state index in [2.05, 4.69) is 24.4 Å². The van der Waals surface area contributed by atoms with E-state index in [0.717, 1.165) is 12.0 Å². The van der Waals surface area contributed by atoms with Gasteiger partial charge in [-0.25, -0.2) is 5.43 Å². The van der Waals surface area contributed by atoms with Crippen molar-refractivity contribution in [2.45, 2.75) is 26.2 Å². The van der Waals surface area contributed by atoms with E-state index < -0.39 is 10.8 Å². The number of halogens is 1. The molecule has 0 saturated carbocycles. The number of para-hydroxylation sites is 1. The molecule has 8 heteroatoms. The maximum absolute atomic E-state index is 11.9. The first-order chi connectivity index (χ1) is 12.9. The second kappa shape index (κ2) is 9.68. The molecular weight excluding hydrogens is 370 g/mol. The average molecular weight is 390 g/mol. The number of nitrogens with zero attached hydrogens (tertiary/aromatic N) is 2. The number of amides is 1. The molecule has 0 spiro atoms. The minimum absolute atomic E-state index is 0.0366. The van der Waals surface area contributed by atoms with Crippen LogP contribution in [-0.4, -0.2) is 23.7 Å². The summed E-state index contributed by atoms with van der Waals surface area (Å²) in [5.41, 5.74) is 3.59. The van der Waals surface area contributed by atoms with E-state index >= 15 is 0 Å². The molecule has 1 N–H and O–H groups in total. The largest absolute Gasteiger partial charge is 0.483 e. The zero-order valence-electron chi connectivity index (χ0n) is 15.0. The quantitative estimate of drug-likeness (QED) is 0.414. The summed E-state index contributed by atoms with van der Waals surface area (Å²) in [6, 6.07) is 11.8. The van der Waals surface area contributed by atoms with E-state index in [0.29, 0.717) is 17.2 Å². The van der Waals surface area contributed by atoms with Crippen LogP contribution in [0.4, 0.5) is 5.69 Å². The summed E-state index contributed by atoms with van der Waals surface area (Å²) < 4.78 is 5.60. The molecule has 1 atom stereocenters. The number of rotatable bonds is 8. The third-order valence-corrected chi connectivity index (χ3v) is 4.31. The molecule has 7 nitrogen and oxygen atoms in total. The first kappa shape index (κ1) is 20.4. The lowest BCUT2D eigenvalue weighted by molar-refractivity contribution is -0.384. The van der Waals surface area contributed by atoms with Gasteiger partial charge in [0.15, 0.2) is 6.61 Å². The van der Waals surface area contributed by atoms with Gasteiger partial charge in [0.2, 0.25) is 0 Å². The fraction of sp³-hybridized carbons (Fsp3) is 0.263. The van der Waals surface area contributed by atoms with E-state index in [1.54, 1.807) is 6.07 Å². The predicted octanol–water partition coefficient (Wildman–Crippen LogP) is 4.29. The van der Waals surface area contributed by atoms with Crippen LogP contribution in [0.1, 0.15) is 37.3 Å². The minimum atomic E-state index is -0.583. The van der Waals surface area contributed by atoms with Gasteiger partial charge < -0.3 is 4.74 Å². The number of hydrogen-bond donors (Lipinski definition) is 1. The normalized spacial score (nSPS) is 12.0. The Hall–Kier alpha value is -2.93. The van der Waals surface area contributed by atoms with Gasteiger partial charge in [-0.15, -0.1) is 0 Å². The Balaban J connectivity index is 1.93. The Morgan fingerprint density at radius 3 is 2.81 bits per heavy atom. The standard InChI is InChI=1S/C19H20ClN3O4/c1-3-13(2)15-6-4-5-7-18(15)27-12-19(24)22-21-11-14-8-9-16(20)17(10-14)23(25)26/h4-11,13H,3,12H2,1-2H3,(H,22,24)/b21-11+. The highest BCUT2D eigenvalue weighted by molar-refractivity contribution is 6.32. The molecule has 0 aliphatic rings. The molecule has 0 bridgehead atoms. The first-order valence-electron chi connectivity index (χ1n) is 8.40. The molecule has 0 heterocycles. The van der Waals surface area contributed by atoms with E-state index in [-0.39, 0.29) is 17.3 Å². The van der Waals surface area contributed by atoms with Crippen LogP contribution in [0.5, 0.6) is 5.75 Å². The van der Waals surface area contributed by atoms with Crippen LogP contribution in [0.3, 0.4) is 0 Å². The smallest absolute Gasteiger partial charge is 0.288 e. The highest BCUT2D eigenvalue weighted by atomic mass is 35.5. The molecule has 27 heavy (non-hydrogen) atoms. The maximum Gasteiger partial charge on any atom is 0.288 e. The van der Waals surface area contributed by atoms with Crippen LogP contribution in [0.25, 0.3) is 0 Å². The summed E-state index contributed by atoms with van der Waals surface area (Å²) in [7, 11) is 0. The monoisotopic (exact) mass is 389 g/mol. The van der Waals surface area contributed by atoms with Gasteiger partial charge in [-0.1, -0.05) is 49.7 Å². The fourth-order valence-electron chi connectivity index (χ4n) is 2.34. The highest BCUT2D eigenvalue weighted by Gasteiger charge is 2.12.